The summed E-state index contributed by atoms with van der Waals surface area (Å²) in [6.07, 6.45) is 8.66. The van der Waals surface area contributed by atoms with Crippen molar-refractivity contribution in [3.63, 3.8) is 0 Å². The van der Waals surface area contributed by atoms with Gasteiger partial charge in [0.2, 0.25) is 0 Å². The molecule has 0 aliphatic carbocycles. The largest absolute Gasteiger partial charge is 0.485 e. The molecule has 1 heterocycles. The van der Waals surface area contributed by atoms with Crippen LogP contribution in [0.25, 0.3) is 0 Å². The van der Waals surface area contributed by atoms with E-state index >= 15 is 0 Å². The SMILES string of the molecule is Cc1cccc(F)c1OC(C)(C)CCCC[N+]1(Cc2ccccc2)CCCCCC1.[Y]. The monoisotopic (exact) mass is 501 g/mol. The number of likely N-dealkylation sites (tertiary alicyclic amines) is 1. The quantitative estimate of drug-likeness (QED) is 0.264. The number of hydrogen-bond donors (Lipinski definition) is 0. The molecule has 1 saturated heterocycles. The average Bonchev–Trinajstić information content (AvgIpc) is 2.95. The molecule has 0 N–H and O–H groups in total. The summed E-state index contributed by atoms with van der Waals surface area (Å²) >= 11 is 0. The van der Waals surface area contributed by atoms with Crippen molar-refractivity contribution in [2.24, 2.45) is 0 Å². The first-order valence-electron chi connectivity index (χ1n) is 11.7. The van der Waals surface area contributed by atoms with Crippen LogP contribution in [0.4, 0.5) is 4.39 Å². The zero-order chi connectivity index (χ0) is 21.5. The maximum absolute atomic E-state index is 14.2. The molecule has 1 fully saturated rings. The summed E-state index contributed by atoms with van der Waals surface area (Å²) in [6, 6.07) is 16.1. The normalized spacial score (nSPS) is 16.3. The van der Waals surface area contributed by atoms with E-state index in [1.807, 2.05) is 13.0 Å². The van der Waals surface area contributed by atoms with E-state index in [9.17, 15) is 4.39 Å². The van der Waals surface area contributed by atoms with Gasteiger partial charge in [-0.3, -0.25) is 0 Å². The van der Waals surface area contributed by atoms with Gasteiger partial charge < -0.3 is 9.22 Å². The molecule has 0 amide bonds. The van der Waals surface area contributed by atoms with E-state index in [0.717, 1.165) is 24.9 Å². The van der Waals surface area contributed by atoms with Crippen LogP contribution in [0, 0.1) is 12.7 Å². The van der Waals surface area contributed by atoms with E-state index in [-0.39, 0.29) is 44.1 Å². The molecule has 0 spiro atoms. The standard InChI is InChI=1S/C27H39FNO.Y/c1-23-14-13-17-25(28)26(23)30-27(2,3)18-9-12-21-29(19-10-4-5-11-20-29)22-24-15-7-6-8-16-24;/h6-8,13-17H,4-5,9-12,18-22H2,1-3H3;/q+1;. The summed E-state index contributed by atoms with van der Waals surface area (Å²) in [6.45, 7) is 11.0. The third-order valence-corrected chi connectivity index (χ3v) is 6.58. The molecule has 2 aromatic carbocycles. The van der Waals surface area contributed by atoms with Gasteiger partial charge in [0.05, 0.1) is 19.6 Å². The second-order valence-corrected chi connectivity index (χ2v) is 9.78. The van der Waals surface area contributed by atoms with Crippen LogP contribution < -0.4 is 4.74 Å². The Kier molecular flexibility index (Phi) is 10.7. The first-order chi connectivity index (χ1) is 14.4. The van der Waals surface area contributed by atoms with E-state index in [1.165, 1.54) is 67.9 Å². The molecule has 167 valence electrons. The Morgan fingerprint density at radius 1 is 0.903 bits per heavy atom. The minimum Gasteiger partial charge on any atom is -0.485 e. The maximum Gasteiger partial charge on any atom is 0.165 e. The summed E-state index contributed by atoms with van der Waals surface area (Å²) in [4.78, 5) is 0. The molecule has 0 unspecified atom stereocenters. The van der Waals surface area contributed by atoms with Crippen molar-refractivity contribution in [2.45, 2.75) is 77.9 Å². The van der Waals surface area contributed by atoms with Gasteiger partial charge in [-0.05, 0) is 77.3 Å². The first-order valence-corrected chi connectivity index (χ1v) is 11.7. The number of ether oxygens (including phenoxy) is 1. The Balaban J connectivity index is 0.00000341. The first kappa shape index (κ1) is 26.5. The number of aryl methyl sites for hydroxylation is 1. The molecule has 0 bridgehead atoms. The fourth-order valence-electron chi connectivity index (χ4n) is 4.86. The van der Waals surface area contributed by atoms with Crippen molar-refractivity contribution in [1.29, 1.82) is 0 Å². The van der Waals surface area contributed by atoms with Gasteiger partial charge >= 0.3 is 0 Å². The summed E-state index contributed by atoms with van der Waals surface area (Å²) < 4.78 is 21.5. The zero-order valence-electron chi connectivity index (χ0n) is 19.7. The molecule has 2 aromatic rings. The van der Waals surface area contributed by atoms with Gasteiger partial charge in [-0.2, -0.15) is 0 Å². The van der Waals surface area contributed by atoms with Gasteiger partial charge in [0.1, 0.15) is 12.1 Å². The minimum atomic E-state index is -0.365. The Morgan fingerprint density at radius 2 is 1.58 bits per heavy atom. The molecule has 0 aromatic heterocycles. The molecular weight excluding hydrogens is 462 g/mol. The number of nitrogens with zero attached hydrogens (tertiary/aromatic N) is 1. The van der Waals surface area contributed by atoms with Crippen LogP contribution in [0.3, 0.4) is 0 Å². The predicted octanol–water partition coefficient (Wildman–Crippen LogP) is 7.05. The van der Waals surface area contributed by atoms with Crippen LogP contribution in [0.2, 0.25) is 0 Å². The number of quaternary nitrogens is 1. The summed E-state index contributed by atoms with van der Waals surface area (Å²) in [5.41, 5.74) is 1.95. The van der Waals surface area contributed by atoms with Crippen molar-refractivity contribution in [1.82, 2.24) is 0 Å². The smallest absolute Gasteiger partial charge is 0.165 e. The maximum atomic E-state index is 14.2. The zero-order valence-corrected chi connectivity index (χ0v) is 22.5. The number of hydrogen-bond acceptors (Lipinski definition) is 1. The van der Waals surface area contributed by atoms with Crippen molar-refractivity contribution in [3.8, 4) is 5.75 Å². The van der Waals surface area contributed by atoms with Gasteiger partial charge in [0.25, 0.3) is 0 Å². The number of unbranched alkanes of at least 4 members (excludes halogenated alkanes) is 1. The van der Waals surface area contributed by atoms with Gasteiger partial charge in [-0.15, -0.1) is 0 Å². The van der Waals surface area contributed by atoms with Crippen molar-refractivity contribution in [3.05, 3.63) is 65.5 Å². The third kappa shape index (κ3) is 8.26. The molecule has 1 aliphatic heterocycles. The summed E-state index contributed by atoms with van der Waals surface area (Å²) in [5.74, 6) is 0.141. The number of para-hydroxylation sites is 1. The number of benzene rings is 2. The van der Waals surface area contributed by atoms with Crippen LogP contribution >= 0.6 is 0 Å². The van der Waals surface area contributed by atoms with Gasteiger partial charge in [-0.1, -0.05) is 42.5 Å². The molecule has 0 atom stereocenters. The van der Waals surface area contributed by atoms with Crippen LogP contribution in [-0.2, 0) is 39.3 Å². The van der Waals surface area contributed by atoms with Crippen molar-refractivity contribution in [2.75, 3.05) is 19.6 Å². The van der Waals surface area contributed by atoms with Gasteiger partial charge in [0.15, 0.2) is 11.6 Å². The van der Waals surface area contributed by atoms with E-state index in [4.69, 9.17) is 4.74 Å². The van der Waals surface area contributed by atoms with E-state index in [1.54, 1.807) is 6.07 Å². The second-order valence-electron chi connectivity index (χ2n) is 9.78. The second kappa shape index (κ2) is 12.5. The molecule has 3 rings (SSSR count). The van der Waals surface area contributed by atoms with Crippen LogP contribution in [0.15, 0.2) is 48.5 Å². The van der Waals surface area contributed by atoms with E-state index in [0.29, 0.717) is 5.75 Å². The van der Waals surface area contributed by atoms with Gasteiger partial charge in [0, 0.05) is 38.3 Å². The van der Waals surface area contributed by atoms with E-state index in [2.05, 4.69) is 44.2 Å². The molecule has 2 nitrogen and oxygen atoms in total. The Bertz CT molecular complexity index is 765. The number of rotatable bonds is 9. The molecule has 1 radical (unpaired) electrons. The van der Waals surface area contributed by atoms with Crippen molar-refractivity contribution >= 4 is 0 Å². The Labute approximate surface area is 214 Å². The fraction of sp³-hybridized carbons (Fsp3) is 0.556. The topological polar surface area (TPSA) is 9.23 Å². The molecule has 1 aliphatic rings. The fourth-order valence-corrected chi connectivity index (χ4v) is 4.86. The van der Waals surface area contributed by atoms with Gasteiger partial charge in [-0.25, -0.2) is 4.39 Å². The van der Waals surface area contributed by atoms with Crippen LogP contribution in [-0.4, -0.2) is 29.7 Å². The molecular formula is C27H39FNOY+. The van der Waals surface area contributed by atoms with Crippen LogP contribution in [0.1, 0.15) is 69.9 Å². The molecule has 4 heteroatoms. The van der Waals surface area contributed by atoms with Crippen molar-refractivity contribution < 1.29 is 46.3 Å². The Hall–Kier alpha value is -0.766. The van der Waals surface area contributed by atoms with E-state index < -0.39 is 0 Å². The summed E-state index contributed by atoms with van der Waals surface area (Å²) in [5, 5.41) is 0. The molecule has 31 heavy (non-hydrogen) atoms. The Morgan fingerprint density at radius 3 is 2.23 bits per heavy atom. The predicted molar refractivity (Wildman–Crippen MR) is 123 cm³/mol. The molecule has 0 saturated carbocycles. The number of halogens is 1. The third-order valence-electron chi connectivity index (χ3n) is 6.58. The summed E-state index contributed by atoms with van der Waals surface area (Å²) in [7, 11) is 0. The van der Waals surface area contributed by atoms with Crippen LogP contribution in [0.5, 0.6) is 5.75 Å². The minimum absolute atomic E-state index is 0. The average molecular weight is 502 g/mol.